The van der Waals surface area contributed by atoms with Gasteiger partial charge in [-0.05, 0) is 12.8 Å². The molecule has 3 N–H and O–H groups in total. The van der Waals surface area contributed by atoms with Gasteiger partial charge in [0.1, 0.15) is 6.10 Å². The van der Waals surface area contributed by atoms with Gasteiger partial charge < -0.3 is 15.8 Å². The summed E-state index contributed by atoms with van der Waals surface area (Å²) >= 11 is 0. The first-order chi connectivity index (χ1) is 6.34. The number of amides is 1. The summed E-state index contributed by atoms with van der Waals surface area (Å²) in [4.78, 5) is 11.3. The lowest BCUT2D eigenvalue weighted by molar-refractivity contribution is -0.129. The molecule has 0 bridgehead atoms. The Balaban J connectivity index is 2.13. The lowest BCUT2D eigenvalue weighted by Crippen LogP contribution is -2.34. The Morgan fingerprint density at radius 2 is 2.46 bits per heavy atom. The molecular formula is C9H16N2O2. The van der Waals surface area contributed by atoms with Crippen LogP contribution in [0, 0.1) is 0 Å². The Bertz CT molecular complexity index is 186. The van der Waals surface area contributed by atoms with Crippen LogP contribution in [0.25, 0.3) is 0 Å². The fraction of sp³-hybridized carbons (Fsp3) is 0.667. The van der Waals surface area contributed by atoms with E-state index < -0.39 is 0 Å². The van der Waals surface area contributed by atoms with E-state index in [-0.39, 0.29) is 12.0 Å². The van der Waals surface area contributed by atoms with E-state index in [0.717, 1.165) is 12.8 Å². The topological polar surface area (TPSA) is 64.3 Å². The number of nitrogens with one attached hydrogen (secondary N) is 1. The van der Waals surface area contributed by atoms with Crippen molar-refractivity contribution in [3.8, 4) is 0 Å². The maximum absolute atomic E-state index is 11.3. The molecule has 1 aliphatic rings. The van der Waals surface area contributed by atoms with Crippen molar-refractivity contribution in [2.75, 3.05) is 19.7 Å². The molecule has 1 atom stereocenters. The zero-order valence-corrected chi connectivity index (χ0v) is 7.66. The Kier molecular flexibility index (Phi) is 4.49. The molecule has 4 heteroatoms. The third-order valence-corrected chi connectivity index (χ3v) is 1.92. The number of hydrogen-bond donors (Lipinski definition) is 2. The summed E-state index contributed by atoms with van der Waals surface area (Å²) in [5, 5.41) is 2.75. The fourth-order valence-electron chi connectivity index (χ4n) is 1.24. The molecule has 0 aromatic rings. The van der Waals surface area contributed by atoms with E-state index in [1.807, 2.05) is 12.2 Å². The maximum Gasteiger partial charge on any atom is 0.249 e. The quantitative estimate of drug-likeness (QED) is 0.594. The Morgan fingerprint density at radius 3 is 3.08 bits per heavy atom. The van der Waals surface area contributed by atoms with Crippen LogP contribution in [0.4, 0.5) is 0 Å². The van der Waals surface area contributed by atoms with Gasteiger partial charge in [-0.2, -0.15) is 0 Å². The van der Waals surface area contributed by atoms with E-state index in [2.05, 4.69) is 5.32 Å². The third-order valence-electron chi connectivity index (χ3n) is 1.92. The standard InChI is InChI=1S/C9H16N2O2/c10-5-1-2-6-11-9(12)8-4-3-7-13-8/h1-2,8H,3-7,10H2,(H,11,12)/b2-1+. The lowest BCUT2D eigenvalue weighted by Gasteiger charge is -2.07. The second-order valence-corrected chi connectivity index (χ2v) is 2.95. The zero-order chi connectivity index (χ0) is 9.52. The molecular weight excluding hydrogens is 168 g/mol. The number of carbonyl (C=O) groups is 1. The van der Waals surface area contributed by atoms with Crippen LogP contribution in [0.15, 0.2) is 12.2 Å². The number of hydrogen-bond acceptors (Lipinski definition) is 3. The molecule has 0 aromatic carbocycles. The highest BCUT2D eigenvalue weighted by Crippen LogP contribution is 2.11. The molecule has 1 fully saturated rings. The molecule has 1 amide bonds. The first kappa shape index (κ1) is 10.2. The van der Waals surface area contributed by atoms with Gasteiger partial charge in [0.05, 0.1) is 0 Å². The molecule has 4 nitrogen and oxygen atoms in total. The Labute approximate surface area is 78.1 Å². The normalized spacial score (nSPS) is 22.4. The van der Waals surface area contributed by atoms with Gasteiger partial charge in [0, 0.05) is 19.7 Å². The first-order valence-electron chi connectivity index (χ1n) is 4.59. The van der Waals surface area contributed by atoms with Gasteiger partial charge in [0.2, 0.25) is 5.91 Å². The minimum absolute atomic E-state index is 0.0147. The van der Waals surface area contributed by atoms with E-state index in [0.29, 0.717) is 19.7 Å². The highest BCUT2D eigenvalue weighted by Gasteiger charge is 2.22. The van der Waals surface area contributed by atoms with Crippen molar-refractivity contribution in [2.24, 2.45) is 5.73 Å². The smallest absolute Gasteiger partial charge is 0.249 e. The third kappa shape index (κ3) is 3.57. The van der Waals surface area contributed by atoms with Crippen molar-refractivity contribution >= 4 is 5.91 Å². The van der Waals surface area contributed by atoms with Crippen molar-refractivity contribution in [1.82, 2.24) is 5.32 Å². The van der Waals surface area contributed by atoms with E-state index >= 15 is 0 Å². The second kappa shape index (κ2) is 5.72. The summed E-state index contributed by atoms with van der Waals surface area (Å²) in [5.74, 6) is -0.0147. The predicted molar refractivity (Wildman–Crippen MR) is 50.2 cm³/mol. The molecule has 0 spiro atoms. The zero-order valence-electron chi connectivity index (χ0n) is 7.66. The van der Waals surface area contributed by atoms with Crippen molar-refractivity contribution in [3.63, 3.8) is 0 Å². The Morgan fingerprint density at radius 1 is 1.62 bits per heavy atom. The average Bonchev–Trinajstić information content (AvgIpc) is 2.65. The monoisotopic (exact) mass is 184 g/mol. The van der Waals surface area contributed by atoms with Gasteiger partial charge >= 0.3 is 0 Å². The van der Waals surface area contributed by atoms with Crippen LogP contribution >= 0.6 is 0 Å². The highest BCUT2D eigenvalue weighted by molar-refractivity contribution is 5.81. The maximum atomic E-state index is 11.3. The molecule has 1 aliphatic heterocycles. The van der Waals surface area contributed by atoms with Crippen molar-refractivity contribution in [1.29, 1.82) is 0 Å². The van der Waals surface area contributed by atoms with Gasteiger partial charge in [0.15, 0.2) is 0 Å². The van der Waals surface area contributed by atoms with Crippen LogP contribution in [0.3, 0.4) is 0 Å². The number of nitrogens with two attached hydrogens (primary N) is 1. The summed E-state index contributed by atoms with van der Waals surface area (Å²) < 4.78 is 5.21. The molecule has 1 saturated heterocycles. The van der Waals surface area contributed by atoms with Crippen LogP contribution < -0.4 is 11.1 Å². The predicted octanol–water partition coefficient (Wildman–Crippen LogP) is -0.204. The van der Waals surface area contributed by atoms with E-state index in [1.165, 1.54) is 0 Å². The molecule has 0 radical (unpaired) electrons. The number of rotatable bonds is 4. The minimum Gasteiger partial charge on any atom is -0.368 e. The second-order valence-electron chi connectivity index (χ2n) is 2.95. The number of ether oxygens (including phenoxy) is 1. The van der Waals surface area contributed by atoms with Crippen LogP contribution in [0.5, 0.6) is 0 Å². The average molecular weight is 184 g/mol. The molecule has 0 aliphatic carbocycles. The molecule has 13 heavy (non-hydrogen) atoms. The summed E-state index contributed by atoms with van der Waals surface area (Å²) in [6.45, 7) is 1.75. The Hall–Kier alpha value is -0.870. The number of carbonyl (C=O) groups excluding carboxylic acids is 1. The van der Waals surface area contributed by atoms with Gasteiger partial charge in [-0.25, -0.2) is 0 Å². The summed E-state index contributed by atoms with van der Waals surface area (Å²) in [6, 6.07) is 0. The van der Waals surface area contributed by atoms with Gasteiger partial charge in [-0.3, -0.25) is 4.79 Å². The molecule has 0 saturated carbocycles. The van der Waals surface area contributed by atoms with Crippen LogP contribution in [-0.2, 0) is 9.53 Å². The van der Waals surface area contributed by atoms with E-state index in [1.54, 1.807) is 0 Å². The van der Waals surface area contributed by atoms with E-state index in [4.69, 9.17) is 10.5 Å². The minimum atomic E-state index is -0.230. The SMILES string of the molecule is NC/C=C/CNC(=O)C1CCCO1. The molecule has 0 aromatic heterocycles. The van der Waals surface area contributed by atoms with Gasteiger partial charge in [-0.15, -0.1) is 0 Å². The lowest BCUT2D eigenvalue weighted by atomic mass is 10.2. The fourth-order valence-corrected chi connectivity index (χ4v) is 1.24. The molecule has 1 heterocycles. The van der Waals surface area contributed by atoms with Gasteiger partial charge in [-0.1, -0.05) is 12.2 Å². The summed E-state index contributed by atoms with van der Waals surface area (Å²) in [6.07, 6.45) is 5.25. The van der Waals surface area contributed by atoms with Crippen molar-refractivity contribution in [2.45, 2.75) is 18.9 Å². The first-order valence-corrected chi connectivity index (χ1v) is 4.59. The van der Waals surface area contributed by atoms with Gasteiger partial charge in [0.25, 0.3) is 0 Å². The van der Waals surface area contributed by atoms with Crippen LogP contribution in [0.1, 0.15) is 12.8 Å². The molecule has 74 valence electrons. The summed E-state index contributed by atoms with van der Waals surface area (Å²) in [5.41, 5.74) is 5.24. The van der Waals surface area contributed by atoms with E-state index in [9.17, 15) is 4.79 Å². The highest BCUT2D eigenvalue weighted by atomic mass is 16.5. The van der Waals surface area contributed by atoms with Crippen LogP contribution in [0.2, 0.25) is 0 Å². The largest absolute Gasteiger partial charge is 0.368 e. The summed E-state index contributed by atoms with van der Waals surface area (Å²) in [7, 11) is 0. The van der Waals surface area contributed by atoms with Crippen molar-refractivity contribution in [3.05, 3.63) is 12.2 Å². The molecule has 1 rings (SSSR count). The molecule has 1 unspecified atom stereocenters. The van der Waals surface area contributed by atoms with Crippen LogP contribution in [-0.4, -0.2) is 31.7 Å². The van der Waals surface area contributed by atoms with Crippen molar-refractivity contribution < 1.29 is 9.53 Å².